The fourth-order valence-electron chi connectivity index (χ4n) is 4.57. The molecular formula is C24H29N5O8. The van der Waals surface area contributed by atoms with E-state index in [1.165, 1.54) is 20.8 Å². The van der Waals surface area contributed by atoms with Gasteiger partial charge in [-0.3, -0.25) is 24.2 Å². The number of nitrogens with two attached hydrogens (primary N) is 1. The SMILES string of the molecule is CC(=O)OC[C@H]1OC(CN2CN(Cc3ccccc3)c3c2nc(N)[nH]c3=O)[C@H](OC(C)=O)[C@@H]1OC(C)=O. The van der Waals surface area contributed by atoms with E-state index in [2.05, 4.69) is 9.97 Å². The molecule has 1 aromatic carbocycles. The Hall–Kier alpha value is -4.13. The molecule has 0 bridgehead atoms. The molecule has 2 aromatic rings. The molecule has 0 spiro atoms. The number of aromatic nitrogens is 2. The van der Waals surface area contributed by atoms with Gasteiger partial charge in [0, 0.05) is 27.3 Å². The highest BCUT2D eigenvalue weighted by atomic mass is 16.6. The second kappa shape index (κ2) is 10.9. The van der Waals surface area contributed by atoms with Crippen LogP contribution < -0.4 is 21.1 Å². The largest absolute Gasteiger partial charge is 0.463 e. The summed E-state index contributed by atoms with van der Waals surface area (Å²) in [6, 6.07) is 9.61. The molecule has 1 fully saturated rings. The lowest BCUT2D eigenvalue weighted by molar-refractivity contribution is -0.165. The van der Waals surface area contributed by atoms with Crippen LogP contribution in [0.5, 0.6) is 0 Å². The van der Waals surface area contributed by atoms with Crippen LogP contribution in [0.4, 0.5) is 17.5 Å². The summed E-state index contributed by atoms with van der Waals surface area (Å²) in [6.07, 6.45) is -3.68. The zero-order valence-corrected chi connectivity index (χ0v) is 20.7. The lowest BCUT2D eigenvalue weighted by Crippen LogP contribution is -2.45. The van der Waals surface area contributed by atoms with Crippen molar-refractivity contribution in [2.45, 2.75) is 51.7 Å². The van der Waals surface area contributed by atoms with E-state index in [4.69, 9.17) is 24.7 Å². The maximum Gasteiger partial charge on any atom is 0.303 e. The number of ether oxygens (including phenoxy) is 4. The molecule has 13 nitrogen and oxygen atoms in total. The molecule has 0 aliphatic carbocycles. The van der Waals surface area contributed by atoms with Crippen molar-refractivity contribution in [2.75, 3.05) is 35.4 Å². The fourth-order valence-corrected chi connectivity index (χ4v) is 4.57. The average Bonchev–Trinajstić information content (AvgIpc) is 3.30. The van der Waals surface area contributed by atoms with Crippen molar-refractivity contribution >= 4 is 35.4 Å². The van der Waals surface area contributed by atoms with Crippen molar-refractivity contribution in [3.05, 3.63) is 46.2 Å². The number of fused-ring (bicyclic) bond motifs is 1. The molecule has 1 unspecified atom stereocenters. The van der Waals surface area contributed by atoms with Gasteiger partial charge in [0.1, 0.15) is 24.5 Å². The highest BCUT2D eigenvalue weighted by molar-refractivity contribution is 5.73. The Kier molecular flexibility index (Phi) is 7.62. The molecule has 4 rings (SSSR count). The second-order valence-corrected chi connectivity index (χ2v) is 8.83. The molecule has 0 radical (unpaired) electrons. The highest BCUT2D eigenvalue weighted by Gasteiger charge is 2.50. The molecule has 1 aromatic heterocycles. The van der Waals surface area contributed by atoms with Gasteiger partial charge in [0.05, 0.1) is 13.2 Å². The number of esters is 3. The molecule has 0 amide bonds. The number of rotatable bonds is 8. The highest BCUT2D eigenvalue weighted by Crippen LogP contribution is 2.35. The third-order valence-corrected chi connectivity index (χ3v) is 5.93. The number of nitrogens with zero attached hydrogens (tertiary/aromatic N) is 3. The Balaban J connectivity index is 1.63. The van der Waals surface area contributed by atoms with Gasteiger partial charge >= 0.3 is 17.9 Å². The van der Waals surface area contributed by atoms with Crippen LogP contribution in [0.3, 0.4) is 0 Å². The molecular weight excluding hydrogens is 486 g/mol. The van der Waals surface area contributed by atoms with Gasteiger partial charge in [0.25, 0.3) is 5.56 Å². The van der Waals surface area contributed by atoms with Gasteiger partial charge in [-0.25, -0.2) is 0 Å². The van der Waals surface area contributed by atoms with Gasteiger partial charge < -0.3 is 34.5 Å². The number of anilines is 3. The summed E-state index contributed by atoms with van der Waals surface area (Å²) >= 11 is 0. The predicted molar refractivity (Wildman–Crippen MR) is 131 cm³/mol. The number of nitrogens with one attached hydrogen (secondary N) is 1. The minimum atomic E-state index is -1.01. The second-order valence-electron chi connectivity index (χ2n) is 8.83. The molecule has 3 heterocycles. The van der Waals surface area contributed by atoms with E-state index in [0.717, 1.165) is 5.56 Å². The minimum absolute atomic E-state index is 0.0512. The third-order valence-electron chi connectivity index (χ3n) is 5.93. The minimum Gasteiger partial charge on any atom is -0.463 e. The summed E-state index contributed by atoms with van der Waals surface area (Å²) in [5.74, 6) is -1.46. The zero-order valence-electron chi connectivity index (χ0n) is 20.7. The van der Waals surface area contributed by atoms with Crippen molar-refractivity contribution in [2.24, 2.45) is 0 Å². The van der Waals surface area contributed by atoms with Gasteiger partial charge in [-0.1, -0.05) is 30.3 Å². The van der Waals surface area contributed by atoms with Crippen LogP contribution in [-0.4, -0.2) is 72.1 Å². The molecule has 1 saturated heterocycles. The maximum atomic E-state index is 12.8. The Morgan fingerprint density at radius 1 is 1.03 bits per heavy atom. The first-order valence-corrected chi connectivity index (χ1v) is 11.7. The summed E-state index contributed by atoms with van der Waals surface area (Å²) in [5, 5.41) is 0. The first-order chi connectivity index (χ1) is 17.6. The van der Waals surface area contributed by atoms with Crippen LogP contribution in [0.2, 0.25) is 0 Å². The quantitative estimate of drug-likeness (QED) is 0.366. The predicted octanol–water partition coefficient (Wildman–Crippen LogP) is 0.330. The van der Waals surface area contributed by atoms with Crippen LogP contribution in [0.15, 0.2) is 35.1 Å². The monoisotopic (exact) mass is 515 g/mol. The maximum absolute atomic E-state index is 12.8. The molecule has 198 valence electrons. The number of benzene rings is 1. The van der Waals surface area contributed by atoms with Crippen LogP contribution in [0.1, 0.15) is 26.3 Å². The van der Waals surface area contributed by atoms with E-state index in [-0.39, 0.29) is 25.8 Å². The molecule has 37 heavy (non-hydrogen) atoms. The van der Waals surface area contributed by atoms with Gasteiger partial charge in [-0.15, -0.1) is 0 Å². The number of carbonyl (C=O) groups excluding carboxylic acids is 3. The molecule has 13 heteroatoms. The van der Waals surface area contributed by atoms with Gasteiger partial charge in [0.2, 0.25) is 5.95 Å². The zero-order chi connectivity index (χ0) is 26.7. The van der Waals surface area contributed by atoms with E-state index < -0.39 is 47.9 Å². The molecule has 0 saturated carbocycles. The van der Waals surface area contributed by atoms with Crippen LogP contribution in [0, 0.1) is 0 Å². The van der Waals surface area contributed by atoms with E-state index >= 15 is 0 Å². The Bertz CT molecular complexity index is 1220. The summed E-state index contributed by atoms with van der Waals surface area (Å²) < 4.78 is 22.1. The van der Waals surface area contributed by atoms with Crippen LogP contribution in [-0.2, 0) is 39.9 Å². The number of aromatic amines is 1. The summed E-state index contributed by atoms with van der Waals surface area (Å²) in [4.78, 5) is 58.5. The average molecular weight is 516 g/mol. The first kappa shape index (κ1) is 25.9. The number of H-pyrrole nitrogens is 1. The lowest BCUT2D eigenvalue weighted by atomic mass is 10.1. The molecule has 2 aliphatic heterocycles. The van der Waals surface area contributed by atoms with Gasteiger partial charge in [0.15, 0.2) is 18.0 Å². The topological polar surface area (TPSA) is 166 Å². The van der Waals surface area contributed by atoms with Crippen LogP contribution >= 0.6 is 0 Å². The third kappa shape index (κ3) is 6.00. The van der Waals surface area contributed by atoms with Crippen molar-refractivity contribution in [1.29, 1.82) is 0 Å². The van der Waals surface area contributed by atoms with E-state index in [1.807, 2.05) is 35.2 Å². The van der Waals surface area contributed by atoms with Gasteiger partial charge in [-0.2, -0.15) is 4.98 Å². The number of nitrogen functional groups attached to an aromatic ring is 1. The Labute approximate surface area is 212 Å². The van der Waals surface area contributed by atoms with Crippen LogP contribution in [0.25, 0.3) is 0 Å². The summed E-state index contributed by atoms with van der Waals surface area (Å²) in [5.41, 5.74) is 6.77. The molecule has 2 aliphatic rings. The van der Waals surface area contributed by atoms with E-state index in [1.54, 1.807) is 4.90 Å². The fraction of sp³-hybridized carbons (Fsp3) is 0.458. The smallest absolute Gasteiger partial charge is 0.303 e. The van der Waals surface area contributed by atoms with Crippen molar-refractivity contribution in [3.63, 3.8) is 0 Å². The van der Waals surface area contributed by atoms with Gasteiger partial charge in [-0.05, 0) is 5.56 Å². The van der Waals surface area contributed by atoms with E-state index in [0.29, 0.717) is 18.1 Å². The standard InChI is InChI=1S/C24H29N5O8/c1-13(30)34-11-18-21(36-15(3)32)20(35-14(2)31)17(37-18)10-29-12-28(9-16-7-5-4-6-8-16)19-22(29)26-24(25)27-23(19)33/h4-8,17-18,20-21H,9-12H2,1-3H3,(H3,25,26,27,33)/t17?,18-,20+,21-/m1/s1. The van der Waals surface area contributed by atoms with E-state index in [9.17, 15) is 19.2 Å². The molecule has 3 N–H and O–H groups in total. The molecule has 4 atom stereocenters. The lowest BCUT2D eigenvalue weighted by Gasteiger charge is -2.27. The van der Waals surface area contributed by atoms with Crippen molar-refractivity contribution in [1.82, 2.24) is 9.97 Å². The number of carbonyl (C=O) groups is 3. The summed E-state index contributed by atoms with van der Waals surface area (Å²) in [6.45, 7) is 4.30. The number of hydrogen-bond donors (Lipinski definition) is 2. The first-order valence-electron chi connectivity index (χ1n) is 11.7. The number of hydrogen-bond acceptors (Lipinski definition) is 12. The summed E-state index contributed by atoms with van der Waals surface area (Å²) in [7, 11) is 0. The Morgan fingerprint density at radius 2 is 1.68 bits per heavy atom. The van der Waals surface area contributed by atoms with Crippen molar-refractivity contribution in [3.8, 4) is 0 Å². The Morgan fingerprint density at radius 3 is 2.30 bits per heavy atom. The normalized spacial score (nSPS) is 22.5. The van der Waals surface area contributed by atoms with Crippen molar-refractivity contribution < 1.29 is 33.3 Å².